The highest BCUT2D eigenvalue weighted by Gasteiger charge is 2.28. The number of carbonyl (C=O) groups excluding carboxylic acids is 1. The minimum absolute atomic E-state index is 0.00330. The lowest BCUT2D eigenvalue weighted by atomic mass is 10.1. The molecule has 1 unspecified atom stereocenters. The lowest BCUT2D eigenvalue weighted by molar-refractivity contribution is -0.124. The van der Waals surface area contributed by atoms with Gasteiger partial charge in [-0.2, -0.15) is 0 Å². The number of rotatable bonds is 5. The monoisotopic (exact) mass is 316 g/mol. The molecule has 6 heteroatoms. The van der Waals surface area contributed by atoms with E-state index in [2.05, 4.69) is 5.16 Å². The Bertz CT molecular complexity index is 683. The third-order valence-electron chi connectivity index (χ3n) is 3.74. The summed E-state index contributed by atoms with van der Waals surface area (Å²) in [5.41, 5.74) is 1.48. The van der Waals surface area contributed by atoms with Crippen LogP contribution >= 0.6 is 0 Å². The van der Waals surface area contributed by atoms with E-state index in [4.69, 9.17) is 14.0 Å². The highest BCUT2D eigenvalue weighted by Crippen LogP contribution is 2.33. The zero-order valence-corrected chi connectivity index (χ0v) is 13.3. The maximum atomic E-state index is 12.5. The van der Waals surface area contributed by atoms with Crippen LogP contribution in [0.15, 0.2) is 34.9 Å². The van der Waals surface area contributed by atoms with Gasteiger partial charge >= 0.3 is 0 Å². The first-order chi connectivity index (χ1) is 11.2. The number of hydrogen-bond acceptors (Lipinski definition) is 5. The van der Waals surface area contributed by atoms with Gasteiger partial charge in [0.15, 0.2) is 0 Å². The molecule has 0 bridgehead atoms. The molecule has 1 aromatic carbocycles. The standard InChI is InChI=1S/C17H20N2O4/c1-3-14-9-19(15-6-4-5-7-16(15)22-14)17(20)11-21-10-13-8-12(2)23-18-13/h4-8,14H,3,9-11H2,1-2H3. The average molecular weight is 316 g/mol. The number of aryl methyl sites for hydroxylation is 1. The molecule has 0 saturated heterocycles. The van der Waals surface area contributed by atoms with Crippen LogP contribution in [0.1, 0.15) is 24.8 Å². The maximum absolute atomic E-state index is 12.5. The first kappa shape index (κ1) is 15.6. The normalized spacial score (nSPS) is 16.8. The van der Waals surface area contributed by atoms with Crippen LogP contribution in [0.4, 0.5) is 5.69 Å². The summed E-state index contributed by atoms with van der Waals surface area (Å²) in [4.78, 5) is 14.3. The first-order valence-corrected chi connectivity index (χ1v) is 7.73. The van der Waals surface area contributed by atoms with Crippen LogP contribution in [0.25, 0.3) is 0 Å². The molecule has 1 amide bonds. The van der Waals surface area contributed by atoms with E-state index in [9.17, 15) is 4.79 Å². The fraction of sp³-hybridized carbons (Fsp3) is 0.412. The number of anilines is 1. The molecule has 1 atom stereocenters. The number of para-hydroxylation sites is 2. The summed E-state index contributed by atoms with van der Waals surface area (Å²) >= 11 is 0. The summed E-state index contributed by atoms with van der Waals surface area (Å²) in [5, 5.41) is 3.84. The van der Waals surface area contributed by atoms with Crippen LogP contribution in [-0.2, 0) is 16.1 Å². The maximum Gasteiger partial charge on any atom is 0.253 e. The quantitative estimate of drug-likeness (QED) is 0.848. The van der Waals surface area contributed by atoms with Crippen molar-refractivity contribution < 1.29 is 18.8 Å². The number of ether oxygens (including phenoxy) is 2. The summed E-state index contributed by atoms with van der Waals surface area (Å²) in [6.07, 6.45) is 0.851. The summed E-state index contributed by atoms with van der Waals surface area (Å²) in [7, 11) is 0. The van der Waals surface area contributed by atoms with Gasteiger partial charge in [-0.25, -0.2) is 0 Å². The van der Waals surface area contributed by atoms with Gasteiger partial charge in [0.2, 0.25) is 0 Å². The summed E-state index contributed by atoms with van der Waals surface area (Å²) < 4.78 is 16.3. The highest BCUT2D eigenvalue weighted by molar-refractivity contribution is 5.96. The van der Waals surface area contributed by atoms with Crippen molar-refractivity contribution in [3.63, 3.8) is 0 Å². The molecule has 0 fully saturated rings. The Hall–Kier alpha value is -2.34. The second-order valence-corrected chi connectivity index (χ2v) is 5.54. The molecule has 2 aromatic rings. The zero-order chi connectivity index (χ0) is 16.2. The number of amides is 1. The Labute approximate surface area is 135 Å². The van der Waals surface area contributed by atoms with Crippen molar-refractivity contribution in [2.75, 3.05) is 18.1 Å². The molecule has 122 valence electrons. The Balaban J connectivity index is 1.64. The molecule has 0 N–H and O–H groups in total. The fourth-order valence-electron chi connectivity index (χ4n) is 2.55. The van der Waals surface area contributed by atoms with Crippen LogP contribution in [-0.4, -0.2) is 30.3 Å². The van der Waals surface area contributed by atoms with E-state index >= 15 is 0 Å². The van der Waals surface area contributed by atoms with Crippen LogP contribution < -0.4 is 9.64 Å². The van der Waals surface area contributed by atoms with Crippen molar-refractivity contribution >= 4 is 11.6 Å². The van der Waals surface area contributed by atoms with Gasteiger partial charge in [0.1, 0.15) is 29.9 Å². The molecule has 1 aliphatic rings. The third kappa shape index (κ3) is 3.53. The third-order valence-corrected chi connectivity index (χ3v) is 3.74. The van der Waals surface area contributed by atoms with Crippen molar-refractivity contribution in [2.24, 2.45) is 0 Å². The van der Waals surface area contributed by atoms with Crippen LogP contribution in [0, 0.1) is 6.92 Å². The molecule has 23 heavy (non-hydrogen) atoms. The lowest BCUT2D eigenvalue weighted by Crippen LogP contribution is -2.44. The average Bonchev–Trinajstić information content (AvgIpc) is 2.99. The van der Waals surface area contributed by atoms with Gasteiger partial charge in [0.05, 0.1) is 18.8 Å². The van der Waals surface area contributed by atoms with E-state index < -0.39 is 0 Å². The molecule has 6 nitrogen and oxygen atoms in total. The Kier molecular flexibility index (Phi) is 4.62. The molecule has 0 saturated carbocycles. The summed E-state index contributed by atoms with van der Waals surface area (Å²) in [5.74, 6) is 1.38. The van der Waals surface area contributed by atoms with Gasteiger partial charge in [-0.1, -0.05) is 24.2 Å². The molecule has 3 rings (SSSR count). The molecule has 1 aromatic heterocycles. The highest BCUT2D eigenvalue weighted by atomic mass is 16.5. The van der Waals surface area contributed by atoms with E-state index in [0.717, 1.165) is 23.6 Å². The molecule has 0 radical (unpaired) electrons. The van der Waals surface area contributed by atoms with E-state index in [1.54, 1.807) is 11.0 Å². The van der Waals surface area contributed by atoms with Gasteiger partial charge in [-0.3, -0.25) is 4.79 Å². The van der Waals surface area contributed by atoms with Crippen LogP contribution in [0.3, 0.4) is 0 Å². The second-order valence-electron chi connectivity index (χ2n) is 5.54. The number of hydrogen-bond donors (Lipinski definition) is 0. The van der Waals surface area contributed by atoms with Crippen LogP contribution in [0.5, 0.6) is 5.75 Å². The van der Waals surface area contributed by atoms with E-state index in [1.807, 2.05) is 38.1 Å². The Morgan fingerprint density at radius 3 is 3.00 bits per heavy atom. The largest absolute Gasteiger partial charge is 0.486 e. The van der Waals surface area contributed by atoms with Gasteiger partial charge < -0.3 is 18.9 Å². The number of nitrogens with zero attached hydrogens (tertiary/aromatic N) is 2. The smallest absolute Gasteiger partial charge is 0.253 e. The second kappa shape index (κ2) is 6.83. The number of benzene rings is 1. The molecular formula is C17H20N2O4. The SMILES string of the molecule is CCC1CN(C(=O)COCc2cc(C)on2)c2ccccc2O1. The molecule has 0 aliphatic carbocycles. The number of fused-ring (bicyclic) bond motifs is 1. The summed E-state index contributed by atoms with van der Waals surface area (Å²) in [6.45, 7) is 4.66. The van der Waals surface area contributed by atoms with Gasteiger partial charge in [0.25, 0.3) is 5.91 Å². The zero-order valence-electron chi connectivity index (χ0n) is 13.3. The number of aromatic nitrogens is 1. The van der Waals surface area contributed by atoms with Crippen LogP contribution in [0.2, 0.25) is 0 Å². The minimum atomic E-state index is -0.0839. The molecular weight excluding hydrogens is 296 g/mol. The van der Waals surface area contributed by atoms with Gasteiger partial charge in [-0.15, -0.1) is 0 Å². The molecule has 2 heterocycles. The summed E-state index contributed by atoms with van der Waals surface area (Å²) in [6, 6.07) is 9.37. The van der Waals surface area contributed by atoms with E-state index in [1.165, 1.54) is 0 Å². The molecule has 0 spiro atoms. The number of carbonyl (C=O) groups is 1. The topological polar surface area (TPSA) is 64.8 Å². The Morgan fingerprint density at radius 2 is 2.26 bits per heavy atom. The molecule has 1 aliphatic heterocycles. The van der Waals surface area contributed by atoms with Gasteiger partial charge in [0, 0.05) is 6.07 Å². The van der Waals surface area contributed by atoms with Crippen molar-refractivity contribution in [3.8, 4) is 5.75 Å². The van der Waals surface area contributed by atoms with E-state index in [-0.39, 0.29) is 25.2 Å². The van der Waals surface area contributed by atoms with Crippen molar-refractivity contribution in [1.82, 2.24) is 5.16 Å². The van der Waals surface area contributed by atoms with Crippen molar-refractivity contribution in [1.29, 1.82) is 0 Å². The predicted molar refractivity (Wildman–Crippen MR) is 84.4 cm³/mol. The van der Waals surface area contributed by atoms with E-state index in [0.29, 0.717) is 12.2 Å². The Morgan fingerprint density at radius 1 is 1.43 bits per heavy atom. The first-order valence-electron chi connectivity index (χ1n) is 7.73. The van der Waals surface area contributed by atoms with Crippen molar-refractivity contribution in [3.05, 3.63) is 41.8 Å². The lowest BCUT2D eigenvalue weighted by Gasteiger charge is -2.34. The predicted octanol–water partition coefficient (Wildman–Crippen LogP) is 2.70. The van der Waals surface area contributed by atoms with Gasteiger partial charge in [-0.05, 0) is 25.5 Å². The van der Waals surface area contributed by atoms with Crippen molar-refractivity contribution in [2.45, 2.75) is 33.0 Å². The fourth-order valence-corrected chi connectivity index (χ4v) is 2.55. The minimum Gasteiger partial charge on any atom is -0.486 e.